The van der Waals surface area contributed by atoms with Crippen molar-refractivity contribution < 1.29 is 24.5 Å². The summed E-state index contributed by atoms with van der Waals surface area (Å²) in [4.78, 5) is 24.4. The molecular formula is C20H21N5O5S. The second-order valence-corrected chi connectivity index (χ2v) is 7.96. The Kier molecular flexibility index (Phi) is 6.18. The second kappa shape index (κ2) is 9.02. The van der Waals surface area contributed by atoms with E-state index in [4.69, 9.17) is 10.5 Å². The highest BCUT2D eigenvalue weighted by Crippen LogP contribution is 2.34. The van der Waals surface area contributed by atoms with E-state index in [1.807, 2.05) is 24.3 Å². The maximum absolute atomic E-state index is 11.2. The molecule has 0 saturated carbocycles. The molecule has 4 rings (SSSR count). The first-order valence-corrected chi connectivity index (χ1v) is 10.4. The van der Waals surface area contributed by atoms with Gasteiger partial charge in [-0.3, -0.25) is 4.57 Å². The van der Waals surface area contributed by atoms with Gasteiger partial charge < -0.3 is 25.4 Å². The minimum absolute atomic E-state index is 0.230. The Balaban J connectivity index is 1.41. The standard InChI is InChI=1S/C20H21N5O5S/c1-29-14(26)7-4-11-2-5-12(6-3-11)31-8-13-16(27)17(28)20(30-13)25-10-24-15-18(21)22-9-23-19(15)25/h2-7,9-10,13,16-17,20,27-28H,8H2,1H3,(H2,21,22,23)/t13-,16-,17-,20-/m1/s1. The molecule has 0 spiro atoms. The number of carbonyl (C=O) groups excluding carboxylic acids is 1. The number of carbonyl (C=O) groups is 1. The molecule has 1 aliphatic heterocycles. The average Bonchev–Trinajstić information content (AvgIpc) is 3.33. The summed E-state index contributed by atoms with van der Waals surface area (Å²) < 4.78 is 12.1. The van der Waals surface area contributed by atoms with Gasteiger partial charge in [0, 0.05) is 16.7 Å². The fourth-order valence-corrected chi connectivity index (χ4v) is 4.20. The number of fused-ring (bicyclic) bond motifs is 1. The first kappa shape index (κ1) is 21.2. The largest absolute Gasteiger partial charge is 0.466 e. The lowest BCUT2D eigenvalue weighted by Crippen LogP contribution is -2.32. The molecule has 0 bridgehead atoms. The van der Waals surface area contributed by atoms with E-state index in [0.717, 1.165) is 10.5 Å². The van der Waals surface area contributed by atoms with E-state index < -0.39 is 30.5 Å². The number of benzene rings is 1. The van der Waals surface area contributed by atoms with Crippen molar-refractivity contribution in [3.63, 3.8) is 0 Å². The molecule has 3 heterocycles. The summed E-state index contributed by atoms with van der Waals surface area (Å²) in [5.41, 5.74) is 7.50. The normalized spacial score (nSPS) is 23.6. The van der Waals surface area contributed by atoms with Crippen molar-refractivity contribution in [1.29, 1.82) is 0 Å². The summed E-state index contributed by atoms with van der Waals surface area (Å²) in [6.45, 7) is 0. The van der Waals surface area contributed by atoms with Gasteiger partial charge in [0.15, 0.2) is 17.7 Å². The SMILES string of the molecule is COC(=O)C=Cc1ccc(SC[C@H]2O[C@@H](n3cnc4c(N)ncnc43)[C@H](O)[C@@H]2O)cc1. The predicted molar refractivity (Wildman–Crippen MR) is 114 cm³/mol. The summed E-state index contributed by atoms with van der Waals surface area (Å²) >= 11 is 1.48. The number of imidazole rings is 1. The zero-order valence-corrected chi connectivity index (χ0v) is 17.3. The van der Waals surface area contributed by atoms with Crippen LogP contribution in [0.4, 0.5) is 5.82 Å². The van der Waals surface area contributed by atoms with Crippen molar-refractivity contribution in [2.24, 2.45) is 0 Å². The Hall–Kier alpha value is -2.99. The van der Waals surface area contributed by atoms with Crippen LogP contribution in [0.2, 0.25) is 0 Å². The van der Waals surface area contributed by atoms with Crippen molar-refractivity contribution in [2.75, 3.05) is 18.6 Å². The molecule has 4 atom stereocenters. The number of ether oxygens (including phenoxy) is 2. The fourth-order valence-electron chi connectivity index (χ4n) is 3.24. The number of hydrogen-bond donors (Lipinski definition) is 3. The maximum atomic E-state index is 11.2. The molecule has 0 radical (unpaired) electrons. The van der Waals surface area contributed by atoms with Gasteiger partial charge in [0.2, 0.25) is 0 Å². The van der Waals surface area contributed by atoms with E-state index >= 15 is 0 Å². The number of aliphatic hydroxyl groups excluding tert-OH is 2. The number of rotatable bonds is 6. The van der Waals surface area contributed by atoms with Gasteiger partial charge in [-0.05, 0) is 23.8 Å². The number of thioether (sulfide) groups is 1. The molecule has 0 amide bonds. The molecule has 1 aliphatic rings. The monoisotopic (exact) mass is 443 g/mol. The van der Waals surface area contributed by atoms with Crippen LogP contribution in [0.1, 0.15) is 11.8 Å². The number of methoxy groups -OCH3 is 1. The van der Waals surface area contributed by atoms with Crippen molar-refractivity contribution in [3.8, 4) is 0 Å². The van der Waals surface area contributed by atoms with E-state index in [1.54, 1.807) is 10.6 Å². The van der Waals surface area contributed by atoms with E-state index in [2.05, 4.69) is 19.7 Å². The number of nitrogens with zero attached hydrogens (tertiary/aromatic N) is 4. The minimum atomic E-state index is -1.15. The van der Waals surface area contributed by atoms with Crippen LogP contribution in [0.15, 0.2) is 47.9 Å². The van der Waals surface area contributed by atoms with E-state index in [0.29, 0.717) is 16.9 Å². The number of aromatic nitrogens is 4. The summed E-state index contributed by atoms with van der Waals surface area (Å²) in [5, 5.41) is 21.0. The third-order valence-corrected chi connectivity index (χ3v) is 6.01. The first-order chi connectivity index (χ1) is 15.0. The maximum Gasteiger partial charge on any atom is 0.330 e. The number of hydrogen-bond acceptors (Lipinski definition) is 10. The Morgan fingerprint density at radius 2 is 2.03 bits per heavy atom. The molecular weight excluding hydrogens is 422 g/mol. The van der Waals surface area contributed by atoms with Gasteiger partial charge in [-0.25, -0.2) is 19.7 Å². The van der Waals surface area contributed by atoms with Crippen molar-refractivity contribution in [2.45, 2.75) is 29.4 Å². The second-order valence-electron chi connectivity index (χ2n) is 6.87. The highest BCUT2D eigenvalue weighted by molar-refractivity contribution is 7.99. The zero-order chi connectivity index (χ0) is 22.0. The lowest BCUT2D eigenvalue weighted by Gasteiger charge is -2.16. The number of aliphatic hydroxyl groups is 2. The van der Waals surface area contributed by atoms with Crippen molar-refractivity contribution in [3.05, 3.63) is 48.6 Å². The lowest BCUT2D eigenvalue weighted by atomic mass is 10.1. The van der Waals surface area contributed by atoms with Gasteiger partial charge in [0.1, 0.15) is 24.1 Å². The van der Waals surface area contributed by atoms with E-state index in [9.17, 15) is 15.0 Å². The molecule has 2 aromatic heterocycles. The van der Waals surface area contributed by atoms with Crippen molar-refractivity contribution >= 4 is 40.8 Å². The van der Waals surface area contributed by atoms with Crippen LogP contribution < -0.4 is 5.73 Å². The van der Waals surface area contributed by atoms with Gasteiger partial charge >= 0.3 is 5.97 Å². The topological polar surface area (TPSA) is 146 Å². The summed E-state index contributed by atoms with van der Waals surface area (Å²) in [5.74, 6) is 0.239. The average molecular weight is 443 g/mol. The van der Waals surface area contributed by atoms with E-state index in [-0.39, 0.29) is 5.82 Å². The van der Waals surface area contributed by atoms with Crippen LogP contribution in [-0.2, 0) is 14.3 Å². The van der Waals surface area contributed by atoms with Gasteiger partial charge in [-0.2, -0.15) is 0 Å². The minimum Gasteiger partial charge on any atom is -0.466 e. The van der Waals surface area contributed by atoms with Crippen LogP contribution in [0.5, 0.6) is 0 Å². The van der Waals surface area contributed by atoms with Gasteiger partial charge in [0.05, 0.1) is 19.5 Å². The van der Waals surface area contributed by atoms with Crippen molar-refractivity contribution in [1.82, 2.24) is 19.5 Å². The molecule has 0 unspecified atom stereocenters. The van der Waals surface area contributed by atoms with Crippen LogP contribution >= 0.6 is 11.8 Å². The lowest BCUT2D eigenvalue weighted by molar-refractivity contribution is -0.134. The number of nitrogen functional groups attached to an aromatic ring is 1. The molecule has 3 aromatic rings. The third-order valence-electron chi connectivity index (χ3n) is 4.91. The zero-order valence-electron chi connectivity index (χ0n) is 16.5. The fraction of sp³-hybridized carbons (Fsp3) is 0.300. The number of esters is 1. The van der Waals surface area contributed by atoms with Gasteiger partial charge in [0.25, 0.3) is 0 Å². The Labute approximate surface area is 181 Å². The van der Waals surface area contributed by atoms with Crippen LogP contribution in [-0.4, -0.2) is 66.9 Å². The molecule has 4 N–H and O–H groups in total. The highest BCUT2D eigenvalue weighted by atomic mass is 32.2. The smallest absolute Gasteiger partial charge is 0.330 e. The molecule has 10 nitrogen and oxygen atoms in total. The molecule has 1 fully saturated rings. The number of nitrogens with two attached hydrogens (primary N) is 1. The molecule has 1 aromatic carbocycles. The first-order valence-electron chi connectivity index (χ1n) is 9.41. The van der Waals surface area contributed by atoms with Gasteiger partial charge in [-0.1, -0.05) is 12.1 Å². The predicted octanol–water partition coefficient (Wildman–Crippen LogP) is 1.01. The Morgan fingerprint density at radius 3 is 2.77 bits per heavy atom. The van der Waals surface area contributed by atoms with Crippen LogP contribution in [0, 0.1) is 0 Å². The van der Waals surface area contributed by atoms with Crippen LogP contribution in [0.3, 0.4) is 0 Å². The quantitative estimate of drug-likeness (QED) is 0.286. The molecule has 11 heteroatoms. The van der Waals surface area contributed by atoms with Gasteiger partial charge in [-0.15, -0.1) is 11.8 Å². The molecule has 0 aliphatic carbocycles. The van der Waals surface area contributed by atoms with E-state index in [1.165, 1.54) is 37.6 Å². The van der Waals surface area contributed by atoms with Crippen LogP contribution in [0.25, 0.3) is 17.2 Å². The Bertz CT molecular complexity index is 1100. The summed E-state index contributed by atoms with van der Waals surface area (Å²) in [6.07, 6.45) is 2.13. The molecule has 1 saturated heterocycles. The third kappa shape index (κ3) is 4.39. The highest BCUT2D eigenvalue weighted by Gasteiger charge is 2.44. The summed E-state index contributed by atoms with van der Waals surface area (Å²) in [6, 6.07) is 7.54. The Morgan fingerprint density at radius 1 is 1.26 bits per heavy atom. The number of anilines is 1. The summed E-state index contributed by atoms with van der Waals surface area (Å²) in [7, 11) is 1.33. The molecule has 162 valence electrons. The molecule has 31 heavy (non-hydrogen) atoms.